The maximum atomic E-state index is 5.83. The van der Waals surface area contributed by atoms with Crippen LogP contribution in [-0.2, 0) is 0 Å². The summed E-state index contributed by atoms with van der Waals surface area (Å²) in [7, 11) is 0. The van der Waals surface area contributed by atoms with E-state index in [2.05, 4.69) is 37.3 Å². The summed E-state index contributed by atoms with van der Waals surface area (Å²) >= 11 is 0. The molecule has 1 aliphatic rings. The van der Waals surface area contributed by atoms with Gasteiger partial charge in [-0.3, -0.25) is 0 Å². The van der Waals surface area contributed by atoms with E-state index in [4.69, 9.17) is 5.73 Å². The molecule has 1 nitrogen and oxygen atoms in total. The first kappa shape index (κ1) is 7.81. The van der Waals surface area contributed by atoms with Crippen molar-refractivity contribution in [3.05, 3.63) is 35.9 Å². The largest absolute Gasteiger partial charge is 0.328 e. The van der Waals surface area contributed by atoms with E-state index in [-0.39, 0.29) is 0 Å². The van der Waals surface area contributed by atoms with Gasteiger partial charge in [-0.2, -0.15) is 0 Å². The standard InChI is InChI=1S/C11H15N/c1-8(12)10-7-11(10)9-5-3-2-4-6-9/h2-6,8,10-11H,7,12H2,1H3/t8-,10-,11-/m1/s1. The summed E-state index contributed by atoms with van der Waals surface area (Å²) in [4.78, 5) is 0. The second-order valence-corrected chi connectivity index (χ2v) is 3.78. The van der Waals surface area contributed by atoms with Gasteiger partial charge in [0.2, 0.25) is 0 Å². The summed E-state index contributed by atoms with van der Waals surface area (Å²) in [6.07, 6.45) is 1.28. The number of rotatable bonds is 2. The van der Waals surface area contributed by atoms with Crippen LogP contribution in [-0.4, -0.2) is 6.04 Å². The molecule has 0 spiro atoms. The lowest BCUT2D eigenvalue weighted by Crippen LogP contribution is -2.17. The molecule has 1 saturated carbocycles. The molecule has 0 heterocycles. The average Bonchev–Trinajstić information content (AvgIpc) is 2.84. The minimum Gasteiger partial charge on any atom is -0.328 e. The number of nitrogens with two attached hydrogens (primary N) is 1. The van der Waals surface area contributed by atoms with Crippen LogP contribution in [0.1, 0.15) is 24.8 Å². The Kier molecular flexibility index (Phi) is 1.89. The molecule has 1 aromatic carbocycles. The second-order valence-electron chi connectivity index (χ2n) is 3.78. The fraction of sp³-hybridized carbons (Fsp3) is 0.455. The Morgan fingerprint density at radius 1 is 1.33 bits per heavy atom. The van der Waals surface area contributed by atoms with Crippen LogP contribution in [0.3, 0.4) is 0 Å². The van der Waals surface area contributed by atoms with Crippen LogP contribution in [0, 0.1) is 5.92 Å². The monoisotopic (exact) mass is 161 g/mol. The van der Waals surface area contributed by atoms with Crippen LogP contribution >= 0.6 is 0 Å². The van der Waals surface area contributed by atoms with Gasteiger partial charge < -0.3 is 5.73 Å². The van der Waals surface area contributed by atoms with Gasteiger partial charge in [0.1, 0.15) is 0 Å². The van der Waals surface area contributed by atoms with E-state index >= 15 is 0 Å². The Hall–Kier alpha value is -0.820. The van der Waals surface area contributed by atoms with E-state index in [0.29, 0.717) is 6.04 Å². The molecule has 12 heavy (non-hydrogen) atoms. The van der Waals surface area contributed by atoms with Crippen molar-refractivity contribution in [2.24, 2.45) is 11.7 Å². The van der Waals surface area contributed by atoms with Gasteiger partial charge in [0.05, 0.1) is 0 Å². The van der Waals surface area contributed by atoms with Crippen molar-refractivity contribution in [1.29, 1.82) is 0 Å². The lowest BCUT2D eigenvalue weighted by Gasteiger charge is -2.02. The molecule has 0 bridgehead atoms. The second kappa shape index (κ2) is 2.91. The lowest BCUT2D eigenvalue weighted by atomic mass is 10.1. The van der Waals surface area contributed by atoms with Crippen molar-refractivity contribution in [2.75, 3.05) is 0 Å². The van der Waals surface area contributed by atoms with Gasteiger partial charge in [0, 0.05) is 6.04 Å². The molecule has 1 heteroatoms. The fourth-order valence-electron chi connectivity index (χ4n) is 1.88. The summed E-state index contributed by atoms with van der Waals surface area (Å²) in [6, 6.07) is 11.0. The molecule has 1 aliphatic carbocycles. The maximum absolute atomic E-state index is 5.83. The Labute approximate surface area is 73.6 Å². The average molecular weight is 161 g/mol. The van der Waals surface area contributed by atoms with Gasteiger partial charge in [-0.1, -0.05) is 30.3 Å². The van der Waals surface area contributed by atoms with Crippen LogP contribution in [0.4, 0.5) is 0 Å². The molecule has 0 saturated heterocycles. The van der Waals surface area contributed by atoms with E-state index in [1.165, 1.54) is 12.0 Å². The van der Waals surface area contributed by atoms with E-state index < -0.39 is 0 Å². The summed E-state index contributed by atoms with van der Waals surface area (Å²) in [5.41, 5.74) is 7.28. The third kappa shape index (κ3) is 1.37. The van der Waals surface area contributed by atoms with Gasteiger partial charge >= 0.3 is 0 Å². The van der Waals surface area contributed by atoms with Crippen molar-refractivity contribution < 1.29 is 0 Å². The van der Waals surface area contributed by atoms with Crippen LogP contribution < -0.4 is 5.73 Å². The van der Waals surface area contributed by atoms with E-state index in [1.807, 2.05) is 0 Å². The van der Waals surface area contributed by atoms with Gasteiger partial charge in [-0.05, 0) is 30.7 Å². The van der Waals surface area contributed by atoms with Crippen LogP contribution in [0.2, 0.25) is 0 Å². The SMILES string of the molecule is C[C@@H](N)[C@H]1C[C@@H]1c1ccccc1. The number of hydrogen-bond donors (Lipinski definition) is 1. The molecule has 0 aliphatic heterocycles. The van der Waals surface area contributed by atoms with Gasteiger partial charge in [-0.15, -0.1) is 0 Å². The highest BCUT2D eigenvalue weighted by Gasteiger charge is 2.40. The molecule has 2 N–H and O–H groups in total. The van der Waals surface area contributed by atoms with Crippen LogP contribution in [0.15, 0.2) is 30.3 Å². The smallest absolute Gasteiger partial charge is 0.00448 e. The number of hydrogen-bond acceptors (Lipinski definition) is 1. The molecular formula is C11H15N. The highest BCUT2D eigenvalue weighted by molar-refractivity contribution is 5.26. The highest BCUT2D eigenvalue weighted by atomic mass is 14.7. The first-order valence-electron chi connectivity index (χ1n) is 4.59. The molecule has 0 aromatic heterocycles. The highest BCUT2D eigenvalue weighted by Crippen LogP contribution is 2.48. The third-order valence-electron chi connectivity index (χ3n) is 2.74. The van der Waals surface area contributed by atoms with Gasteiger partial charge in [-0.25, -0.2) is 0 Å². The molecule has 1 aromatic rings. The van der Waals surface area contributed by atoms with Crippen molar-refractivity contribution >= 4 is 0 Å². The zero-order valence-electron chi connectivity index (χ0n) is 7.40. The topological polar surface area (TPSA) is 26.0 Å². The molecule has 0 radical (unpaired) electrons. The zero-order chi connectivity index (χ0) is 8.55. The first-order valence-corrected chi connectivity index (χ1v) is 4.59. The molecule has 1 fully saturated rings. The molecule has 2 rings (SSSR count). The van der Waals surface area contributed by atoms with E-state index in [0.717, 1.165) is 11.8 Å². The van der Waals surface area contributed by atoms with Crippen LogP contribution in [0.25, 0.3) is 0 Å². The van der Waals surface area contributed by atoms with Gasteiger partial charge in [0.25, 0.3) is 0 Å². The predicted octanol–water partition coefficient (Wildman–Crippen LogP) is 2.14. The van der Waals surface area contributed by atoms with Crippen LogP contribution in [0.5, 0.6) is 0 Å². The van der Waals surface area contributed by atoms with E-state index in [9.17, 15) is 0 Å². The predicted molar refractivity (Wildman–Crippen MR) is 50.9 cm³/mol. The fourth-order valence-corrected chi connectivity index (χ4v) is 1.88. The lowest BCUT2D eigenvalue weighted by molar-refractivity contribution is 0.631. The zero-order valence-corrected chi connectivity index (χ0v) is 7.40. The molecule has 3 atom stereocenters. The summed E-state index contributed by atoms with van der Waals surface area (Å²) in [6.45, 7) is 2.10. The normalized spacial score (nSPS) is 29.8. The number of benzene rings is 1. The minimum absolute atomic E-state index is 0.357. The summed E-state index contributed by atoms with van der Waals surface area (Å²) in [5.74, 6) is 1.47. The minimum atomic E-state index is 0.357. The Balaban J connectivity index is 2.06. The van der Waals surface area contributed by atoms with Crippen molar-refractivity contribution in [3.63, 3.8) is 0 Å². The molecule has 64 valence electrons. The van der Waals surface area contributed by atoms with Crippen molar-refractivity contribution in [2.45, 2.75) is 25.3 Å². The maximum Gasteiger partial charge on any atom is 0.00448 e. The third-order valence-corrected chi connectivity index (χ3v) is 2.74. The molecular weight excluding hydrogens is 146 g/mol. The summed E-state index contributed by atoms with van der Waals surface area (Å²) in [5, 5.41) is 0. The molecule has 0 unspecified atom stereocenters. The Morgan fingerprint density at radius 2 is 2.00 bits per heavy atom. The quantitative estimate of drug-likeness (QED) is 0.706. The molecule has 0 amide bonds. The Morgan fingerprint density at radius 3 is 2.50 bits per heavy atom. The summed E-state index contributed by atoms with van der Waals surface area (Å²) < 4.78 is 0. The van der Waals surface area contributed by atoms with Crippen molar-refractivity contribution in [3.8, 4) is 0 Å². The van der Waals surface area contributed by atoms with E-state index in [1.54, 1.807) is 0 Å². The first-order chi connectivity index (χ1) is 5.79. The van der Waals surface area contributed by atoms with Gasteiger partial charge in [0.15, 0.2) is 0 Å². The Bertz CT molecular complexity index is 253. The van der Waals surface area contributed by atoms with Crippen molar-refractivity contribution in [1.82, 2.24) is 0 Å².